The molecule has 26 heteroatoms. The predicted octanol–water partition coefficient (Wildman–Crippen LogP) is -4.09. The maximum atomic E-state index is 12.3. The van der Waals surface area contributed by atoms with Gasteiger partial charge < -0.3 is 45.4 Å². The van der Waals surface area contributed by atoms with Crippen LogP contribution in [0.4, 0.5) is 5.95 Å². The molecule has 230 valence electrons. The Labute approximate surface area is 237 Å². The number of ether oxygens (including phenoxy) is 2. The molecule has 2 saturated heterocycles. The van der Waals surface area contributed by atoms with E-state index in [1.165, 1.54) is 22.5 Å². The number of anilines is 1. The van der Waals surface area contributed by atoms with Crippen LogP contribution in [0, 0.1) is 0 Å². The number of aliphatic hydroxyl groups is 4. The van der Waals surface area contributed by atoms with E-state index in [2.05, 4.69) is 27.6 Å². The van der Waals surface area contributed by atoms with Crippen LogP contribution in [0.1, 0.15) is 6.23 Å². The van der Waals surface area contributed by atoms with Gasteiger partial charge in [-0.2, -0.15) is 0 Å². The molecule has 9 N–H and O–H groups in total. The Morgan fingerprint density at radius 2 is 1.55 bits per heavy atom. The molecular weight excluding hydrogens is 633 g/mol. The summed E-state index contributed by atoms with van der Waals surface area (Å²) in [5.74, 6) is -0.252. The highest BCUT2D eigenvalue weighted by Gasteiger charge is 2.49. The van der Waals surface area contributed by atoms with Crippen LogP contribution < -0.4 is 15.9 Å². The third kappa shape index (κ3) is 7.23. The number of phosphoric acid groups is 2. The van der Waals surface area contributed by atoms with Gasteiger partial charge in [-0.25, -0.2) is 22.3 Å². The lowest BCUT2D eigenvalue weighted by atomic mass is 9.93. The largest absolute Gasteiger partial charge is 0.478 e. The van der Waals surface area contributed by atoms with Crippen LogP contribution in [-0.2, 0) is 47.9 Å². The molecule has 11 atom stereocenters. The van der Waals surface area contributed by atoms with Gasteiger partial charge in [-0.15, -0.1) is 0 Å². The van der Waals surface area contributed by atoms with Crippen LogP contribution in [0.5, 0.6) is 0 Å². The Morgan fingerprint density at radius 3 is 2.07 bits per heavy atom. The second-order valence-corrected chi connectivity index (χ2v) is 13.9. The molecule has 21 nitrogen and oxygen atoms in total. The van der Waals surface area contributed by atoms with Crippen LogP contribution >= 0.6 is 23.1 Å². The molecule has 2 aliphatic rings. The maximum absolute atomic E-state index is 12.3. The highest BCUT2D eigenvalue weighted by Crippen LogP contribution is 2.67. The van der Waals surface area contributed by atoms with Crippen molar-refractivity contribution in [3.63, 3.8) is 0 Å². The molecule has 2 aromatic heterocycles. The summed E-state index contributed by atoms with van der Waals surface area (Å²) >= 11 is 0. The van der Waals surface area contributed by atoms with Gasteiger partial charge in [-0.05, 0) is 0 Å². The average molecular weight is 658 g/mol. The zero-order valence-corrected chi connectivity index (χ0v) is 24.0. The second kappa shape index (κ2) is 12.1. The number of aryl methyl sites for hydroxylation is 1. The molecule has 0 aromatic carbocycles. The average Bonchev–Trinajstić information content (AvgIpc) is 3.41. The number of nitrogens with two attached hydrogens (primary N) is 1. The lowest BCUT2D eigenvalue weighted by molar-refractivity contribution is -0.745. The highest BCUT2D eigenvalue weighted by molar-refractivity contribution is 7.86. The Hall–Kier alpha value is -1.51. The third-order valence-electron chi connectivity index (χ3n) is 6.04. The highest BCUT2D eigenvalue weighted by atomic mass is 31.3. The van der Waals surface area contributed by atoms with Gasteiger partial charge in [0, 0.05) is 6.00 Å². The fourth-order valence-electron chi connectivity index (χ4n) is 4.15. The number of nitrogen functional groups attached to an aromatic ring is 1. The van der Waals surface area contributed by atoms with Crippen molar-refractivity contribution in [2.75, 3.05) is 18.9 Å². The van der Waals surface area contributed by atoms with Gasteiger partial charge in [0.2, 0.25) is 19.3 Å². The van der Waals surface area contributed by atoms with Crippen LogP contribution in [0.25, 0.3) is 11.2 Å². The third-order valence-corrected chi connectivity index (χ3v) is 10.5. The molecule has 0 spiro atoms. The smallest absolute Gasteiger partial charge is 0.388 e. The molecule has 4 radical (unpaired) electrons. The number of hydrogen-bond donors (Lipinski definition) is 8. The second-order valence-electron chi connectivity index (χ2n) is 9.16. The topological polar surface area (TPSA) is 309 Å². The van der Waals surface area contributed by atoms with Crippen LogP contribution in [0.15, 0.2) is 11.1 Å². The summed E-state index contributed by atoms with van der Waals surface area (Å²) in [6, 6.07) is -1.34. The van der Waals surface area contributed by atoms with E-state index < -0.39 is 90.7 Å². The predicted molar refractivity (Wildman–Crippen MR) is 135 cm³/mol. The van der Waals surface area contributed by atoms with Crippen LogP contribution in [0.3, 0.4) is 0 Å². The summed E-state index contributed by atoms with van der Waals surface area (Å²) in [4.78, 5) is 38.2. The van der Waals surface area contributed by atoms with E-state index in [4.69, 9.17) is 30.6 Å². The molecule has 4 rings (SSSR count). The van der Waals surface area contributed by atoms with Gasteiger partial charge in [-0.1, -0.05) is 4.98 Å². The first kappa shape index (κ1) is 33.4. The zero-order valence-electron chi connectivity index (χ0n) is 21.3. The van der Waals surface area contributed by atoms with E-state index >= 15 is 0 Å². The molecule has 2 aromatic rings. The first-order valence-corrected chi connectivity index (χ1v) is 16.2. The normalized spacial score (nSPS) is 34.3. The quantitative estimate of drug-likeness (QED) is 0.0646. The van der Waals surface area contributed by atoms with Crippen molar-refractivity contribution in [2.24, 2.45) is 7.05 Å². The lowest BCUT2D eigenvalue weighted by Gasteiger charge is -2.22. The number of aliphatic hydroxyl groups excluding tert-OH is 4. The van der Waals surface area contributed by atoms with Gasteiger partial charge in [0.25, 0.3) is 19.0 Å². The fraction of sp³-hybridized carbons (Fsp3) is 0.688. The van der Waals surface area contributed by atoms with Crippen molar-refractivity contribution in [1.82, 2.24) is 14.5 Å². The molecule has 0 amide bonds. The first-order valence-electron chi connectivity index (χ1n) is 11.6. The Balaban J connectivity index is 1.36. The number of aromatic amines is 1. The van der Waals surface area contributed by atoms with Crippen LogP contribution in [-0.4, -0.2) is 116 Å². The van der Waals surface area contributed by atoms with Gasteiger partial charge in [0.05, 0.1) is 26.4 Å². The maximum Gasteiger partial charge on any atom is 0.478 e. The minimum absolute atomic E-state index is 0.0300. The summed E-state index contributed by atoms with van der Waals surface area (Å²) in [7, 11) is -4.29. The summed E-state index contributed by atoms with van der Waals surface area (Å²) in [5.41, 5.74) is 4.99. The minimum atomic E-state index is -5.48. The summed E-state index contributed by atoms with van der Waals surface area (Å²) in [6.07, 6.45) is -9.60. The monoisotopic (exact) mass is 658 g/mol. The molecule has 0 saturated carbocycles. The molecule has 7 unspecified atom stereocenters. The number of phosphoric ester groups is 2. The SMILES string of the molecule is [B][C@@H]1O[C@H](COP(=O)(O)OP([B])(=O)OP(=O)(O)OC[C@H]2O[C@@H]([n+]3cn(C)c4c(=O)[nH]c(N)nc43)C(O)C2O)C(O)C1O. The van der Waals surface area contributed by atoms with E-state index in [0.717, 1.165) is 0 Å². The van der Waals surface area contributed by atoms with Gasteiger partial charge in [-0.3, -0.25) is 28.0 Å². The van der Waals surface area contributed by atoms with Crippen molar-refractivity contribution < 1.29 is 75.6 Å². The van der Waals surface area contributed by atoms with Gasteiger partial charge in [0.15, 0.2) is 6.33 Å². The Kier molecular flexibility index (Phi) is 9.63. The Morgan fingerprint density at radius 1 is 1.02 bits per heavy atom. The molecule has 0 aliphatic carbocycles. The number of nitrogens with zero attached hydrogens (tertiary/aromatic N) is 3. The standard InChI is InChI=1S/C16H24B2N5O16P3/c1-22-4-23(13-7(22)14(28)21-16(19)20-13)15-11(27)9(25)6(37-15)3-35-42(32,33)39-40(18,29)38-41(30,31)34-2-5-8(24)10(26)12(17)36-5/h4-6,8-12,15,24-27H,2-3H2,1H3,(H4-,19,20,21,28,30,31,32,33)/p+1/t5-,6-,8?,9?,10?,11?,12-,15-,40?/m1/s1. The first-order chi connectivity index (χ1) is 19.3. The van der Waals surface area contributed by atoms with E-state index in [-0.39, 0.29) is 17.1 Å². The molecular formula is C16H25B2N5O16P3+. The summed E-state index contributed by atoms with van der Waals surface area (Å²) in [5, 5.41) is 40.2. The molecule has 2 aliphatic heterocycles. The van der Waals surface area contributed by atoms with Crippen molar-refractivity contribution >= 4 is 55.6 Å². The molecule has 2 fully saturated rings. The minimum Gasteiger partial charge on any atom is -0.388 e. The number of aromatic nitrogens is 4. The summed E-state index contributed by atoms with van der Waals surface area (Å²) < 4.78 is 67.2. The van der Waals surface area contributed by atoms with Crippen molar-refractivity contribution in [2.45, 2.75) is 48.9 Å². The molecule has 4 heterocycles. The number of fused-ring (bicyclic) bond motifs is 1. The van der Waals surface area contributed by atoms with Gasteiger partial charge in [0.1, 0.15) is 38.4 Å². The van der Waals surface area contributed by atoms with E-state index in [1.54, 1.807) is 0 Å². The number of hydrogen-bond acceptors (Lipinski definition) is 16. The number of H-pyrrole nitrogens is 1. The van der Waals surface area contributed by atoms with Crippen molar-refractivity contribution in [1.29, 1.82) is 0 Å². The van der Waals surface area contributed by atoms with Gasteiger partial charge >= 0.3 is 21.3 Å². The van der Waals surface area contributed by atoms with E-state index in [1.807, 2.05) is 0 Å². The molecule has 42 heavy (non-hydrogen) atoms. The van der Waals surface area contributed by atoms with Crippen LogP contribution in [0.2, 0.25) is 0 Å². The van der Waals surface area contributed by atoms with Crippen molar-refractivity contribution in [3.05, 3.63) is 16.7 Å². The number of imidazole rings is 1. The number of nitrogens with one attached hydrogen (secondary N) is 1. The van der Waals surface area contributed by atoms with Crippen molar-refractivity contribution in [3.8, 4) is 0 Å². The summed E-state index contributed by atoms with van der Waals surface area (Å²) in [6.45, 7) is -1.91. The van der Waals surface area contributed by atoms with E-state index in [9.17, 15) is 48.7 Å². The zero-order chi connectivity index (χ0) is 31.4. The number of rotatable bonds is 11. The fourth-order valence-corrected chi connectivity index (χ4v) is 7.89. The molecule has 0 bridgehead atoms. The lowest BCUT2D eigenvalue weighted by Crippen LogP contribution is -2.46. The van der Waals surface area contributed by atoms with E-state index in [0.29, 0.717) is 0 Å². The Bertz CT molecular complexity index is 1530.